The molecule has 0 saturated heterocycles. The van der Waals surface area contributed by atoms with Crippen LogP contribution in [-0.4, -0.2) is 33.1 Å². The Morgan fingerprint density at radius 2 is 1.88 bits per heavy atom. The number of benzene rings is 2. The van der Waals surface area contributed by atoms with Gasteiger partial charge in [0.25, 0.3) is 5.91 Å². The fourth-order valence-electron chi connectivity index (χ4n) is 2.63. The second-order valence-corrected chi connectivity index (χ2v) is 7.87. The Morgan fingerprint density at radius 3 is 2.50 bits per heavy atom. The van der Waals surface area contributed by atoms with Crippen LogP contribution >= 0.6 is 11.6 Å². The van der Waals surface area contributed by atoms with Crippen LogP contribution in [0.5, 0.6) is 11.5 Å². The molecule has 0 bridgehead atoms. The molecule has 2 N–H and O–H groups in total. The van der Waals surface area contributed by atoms with Crippen LogP contribution in [0.3, 0.4) is 0 Å². The fourth-order valence-corrected chi connectivity index (χ4v) is 3.41. The van der Waals surface area contributed by atoms with Gasteiger partial charge in [-0.05, 0) is 36.8 Å². The maximum absolute atomic E-state index is 12.8. The smallest absolute Gasteiger partial charge is 0.254 e. The van der Waals surface area contributed by atoms with E-state index in [1.807, 2.05) is 6.92 Å². The molecule has 0 fully saturated rings. The van der Waals surface area contributed by atoms with Crippen molar-refractivity contribution in [2.45, 2.75) is 17.9 Å². The summed E-state index contributed by atoms with van der Waals surface area (Å²) in [6.45, 7) is 1.90. The van der Waals surface area contributed by atoms with Gasteiger partial charge in [-0.15, -0.1) is 0 Å². The topological polar surface area (TPSA) is 98.9 Å². The van der Waals surface area contributed by atoms with Gasteiger partial charge < -0.3 is 14.4 Å². The summed E-state index contributed by atoms with van der Waals surface area (Å²) in [6.07, 6.45) is 0. The van der Waals surface area contributed by atoms with Crippen LogP contribution in [0, 0.1) is 0 Å². The summed E-state index contributed by atoms with van der Waals surface area (Å²) >= 11 is 6.14. The van der Waals surface area contributed by atoms with Crippen LogP contribution in [0.1, 0.15) is 28.9 Å². The second-order valence-electron chi connectivity index (χ2n) is 5.90. The van der Waals surface area contributed by atoms with Gasteiger partial charge in [0.1, 0.15) is 0 Å². The Morgan fingerprint density at radius 1 is 1.23 bits per heavy atom. The number of nitrogens with two attached hydrogens (primary N) is 1. The van der Waals surface area contributed by atoms with Crippen molar-refractivity contribution in [3.63, 3.8) is 0 Å². The van der Waals surface area contributed by atoms with E-state index in [0.29, 0.717) is 22.1 Å². The molecule has 9 heteroatoms. The number of halogens is 1. The SMILES string of the molecule is C[C@@H](c1ccc(S(N)(=O)=O)cc1)N(C)C(=O)c1cc(Cl)c2c(c1)OCO2. The second kappa shape index (κ2) is 6.79. The van der Waals surface area contributed by atoms with Gasteiger partial charge in [0.15, 0.2) is 11.5 Å². The summed E-state index contributed by atoms with van der Waals surface area (Å²) in [5.41, 5.74) is 1.13. The Labute approximate surface area is 156 Å². The molecule has 0 unspecified atom stereocenters. The van der Waals surface area contributed by atoms with E-state index in [1.54, 1.807) is 25.2 Å². The third-order valence-electron chi connectivity index (χ3n) is 4.27. The fraction of sp³-hybridized carbons (Fsp3) is 0.235. The van der Waals surface area contributed by atoms with E-state index in [0.717, 1.165) is 5.56 Å². The number of fused-ring (bicyclic) bond motifs is 1. The van der Waals surface area contributed by atoms with E-state index in [1.165, 1.54) is 23.1 Å². The normalized spacial score (nSPS) is 14.2. The van der Waals surface area contributed by atoms with E-state index in [-0.39, 0.29) is 23.6 Å². The molecule has 26 heavy (non-hydrogen) atoms. The lowest BCUT2D eigenvalue weighted by molar-refractivity contribution is 0.0742. The van der Waals surface area contributed by atoms with Crippen molar-refractivity contribution >= 4 is 27.5 Å². The van der Waals surface area contributed by atoms with Gasteiger partial charge in [-0.1, -0.05) is 23.7 Å². The molecule has 7 nitrogen and oxygen atoms in total. The summed E-state index contributed by atoms with van der Waals surface area (Å²) < 4.78 is 33.2. The molecule has 2 aromatic rings. The van der Waals surface area contributed by atoms with E-state index in [2.05, 4.69) is 0 Å². The number of ether oxygens (including phenoxy) is 2. The molecule has 0 aromatic heterocycles. The average molecular weight is 397 g/mol. The number of carbonyl (C=O) groups excluding carboxylic acids is 1. The van der Waals surface area contributed by atoms with E-state index < -0.39 is 10.0 Å². The maximum Gasteiger partial charge on any atom is 0.254 e. The number of amides is 1. The van der Waals surface area contributed by atoms with Crippen LogP contribution in [-0.2, 0) is 10.0 Å². The van der Waals surface area contributed by atoms with Gasteiger partial charge in [0.2, 0.25) is 16.8 Å². The number of hydrogen-bond donors (Lipinski definition) is 1. The van der Waals surface area contributed by atoms with Crippen molar-refractivity contribution < 1.29 is 22.7 Å². The van der Waals surface area contributed by atoms with Crippen molar-refractivity contribution in [1.29, 1.82) is 0 Å². The first-order valence-electron chi connectivity index (χ1n) is 7.67. The minimum atomic E-state index is -3.76. The number of hydrogen-bond acceptors (Lipinski definition) is 5. The van der Waals surface area contributed by atoms with Crippen molar-refractivity contribution in [3.05, 3.63) is 52.5 Å². The molecule has 0 aliphatic carbocycles. The van der Waals surface area contributed by atoms with Gasteiger partial charge in [-0.2, -0.15) is 0 Å². The standard InChI is InChI=1S/C17H17ClN2O5S/c1-10(11-3-5-13(6-4-11)26(19,22)23)20(2)17(21)12-7-14(18)16-15(8-12)24-9-25-16/h3-8,10H,9H2,1-2H3,(H2,19,22,23)/t10-/m0/s1. The monoisotopic (exact) mass is 396 g/mol. The van der Waals surface area contributed by atoms with Gasteiger partial charge in [-0.25, -0.2) is 13.6 Å². The number of rotatable bonds is 4. The molecule has 3 rings (SSSR count). The lowest BCUT2D eigenvalue weighted by Gasteiger charge is -2.25. The van der Waals surface area contributed by atoms with E-state index in [9.17, 15) is 13.2 Å². The number of nitrogens with zero attached hydrogens (tertiary/aromatic N) is 1. The highest BCUT2D eigenvalue weighted by atomic mass is 35.5. The van der Waals surface area contributed by atoms with Crippen LogP contribution in [0.2, 0.25) is 5.02 Å². The molecule has 0 radical (unpaired) electrons. The van der Waals surface area contributed by atoms with Crippen molar-refractivity contribution in [2.75, 3.05) is 13.8 Å². The summed E-state index contributed by atoms with van der Waals surface area (Å²) in [6, 6.07) is 8.89. The molecule has 2 aromatic carbocycles. The van der Waals surface area contributed by atoms with Crippen LogP contribution in [0.15, 0.2) is 41.3 Å². The zero-order valence-electron chi connectivity index (χ0n) is 14.1. The van der Waals surface area contributed by atoms with Gasteiger partial charge >= 0.3 is 0 Å². The molecule has 0 saturated carbocycles. The van der Waals surface area contributed by atoms with Gasteiger partial charge in [0, 0.05) is 12.6 Å². The molecular formula is C17H17ClN2O5S. The minimum absolute atomic E-state index is 0.0185. The molecule has 0 spiro atoms. The van der Waals surface area contributed by atoms with Crippen LogP contribution < -0.4 is 14.6 Å². The van der Waals surface area contributed by atoms with Gasteiger partial charge in [0.05, 0.1) is 16.0 Å². The highest BCUT2D eigenvalue weighted by Crippen LogP contribution is 2.40. The molecule has 1 atom stereocenters. The molecule has 138 valence electrons. The minimum Gasteiger partial charge on any atom is -0.454 e. The van der Waals surface area contributed by atoms with Crippen LogP contribution in [0.25, 0.3) is 0 Å². The first-order valence-corrected chi connectivity index (χ1v) is 9.60. The molecule has 1 aliphatic rings. The third-order valence-corrected chi connectivity index (χ3v) is 5.48. The molecule has 1 heterocycles. The van der Waals surface area contributed by atoms with Crippen LogP contribution in [0.4, 0.5) is 0 Å². The number of sulfonamides is 1. The highest BCUT2D eigenvalue weighted by Gasteiger charge is 2.24. The Kier molecular flexibility index (Phi) is 4.83. The van der Waals surface area contributed by atoms with E-state index >= 15 is 0 Å². The third kappa shape index (κ3) is 3.48. The van der Waals surface area contributed by atoms with Crippen molar-refractivity contribution in [1.82, 2.24) is 4.90 Å². The molecule has 1 aliphatic heterocycles. The quantitative estimate of drug-likeness (QED) is 0.856. The average Bonchev–Trinajstić information content (AvgIpc) is 3.08. The predicted octanol–water partition coefficient (Wildman–Crippen LogP) is 2.55. The van der Waals surface area contributed by atoms with E-state index in [4.69, 9.17) is 26.2 Å². The summed E-state index contributed by atoms with van der Waals surface area (Å²) in [4.78, 5) is 14.3. The number of carbonyl (C=O) groups is 1. The maximum atomic E-state index is 12.8. The lowest BCUT2D eigenvalue weighted by Crippen LogP contribution is -2.29. The largest absolute Gasteiger partial charge is 0.454 e. The molecular weight excluding hydrogens is 380 g/mol. The summed E-state index contributed by atoms with van der Waals surface area (Å²) in [7, 11) is -2.10. The first-order chi connectivity index (χ1) is 12.2. The zero-order chi connectivity index (χ0) is 19.1. The number of primary sulfonamides is 1. The first kappa shape index (κ1) is 18.5. The van der Waals surface area contributed by atoms with Crippen molar-refractivity contribution in [3.8, 4) is 11.5 Å². The lowest BCUT2D eigenvalue weighted by atomic mass is 10.1. The Bertz CT molecular complexity index is 960. The predicted molar refractivity (Wildman–Crippen MR) is 95.9 cm³/mol. The summed E-state index contributed by atoms with van der Waals surface area (Å²) in [5.74, 6) is 0.602. The van der Waals surface area contributed by atoms with Gasteiger partial charge in [-0.3, -0.25) is 4.79 Å². The Balaban J connectivity index is 1.83. The highest BCUT2D eigenvalue weighted by molar-refractivity contribution is 7.89. The molecule has 1 amide bonds. The summed E-state index contributed by atoms with van der Waals surface area (Å²) in [5, 5.41) is 5.41. The Hall–Kier alpha value is -2.29. The van der Waals surface area contributed by atoms with Crippen molar-refractivity contribution in [2.24, 2.45) is 5.14 Å². The zero-order valence-corrected chi connectivity index (χ0v) is 15.7.